The van der Waals surface area contributed by atoms with E-state index in [9.17, 15) is 4.79 Å². The van der Waals surface area contributed by atoms with Crippen LogP contribution in [0.3, 0.4) is 0 Å². The van der Waals surface area contributed by atoms with E-state index in [-0.39, 0.29) is 12.5 Å². The number of pyridine rings is 1. The maximum Gasteiger partial charge on any atom is 0.273 e. The van der Waals surface area contributed by atoms with Crippen molar-refractivity contribution in [1.82, 2.24) is 29.4 Å². The molecule has 0 bridgehead atoms. The minimum atomic E-state index is -0.194. The van der Waals surface area contributed by atoms with Crippen LogP contribution >= 0.6 is 11.6 Å². The molecule has 0 aliphatic rings. The Labute approximate surface area is 173 Å². The highest BCUT2D eigenvalue weighted by atomic mass is 35.5. The van der Waals surface area contributed by atoms with Crippen LogP contribution in [-0.2, 0) is 27.2 Å². The molecular formula is C21H21ClN6O. The Morgan fingerprint density at radius 3 is 2.59 bits per heavy atom. The lowest BCUT2D eigenvalue weighted by Crippen LogP contribution is -2.31. The van der Waals surface area contributed by atoms with Crippen molar-refractivity contribution in [2.24, 2.45) is 14.1 Å². The van der Waals surface area contributed by atoms with Crippen LogP contribution in [0.15, 0.2) is 48.7 Å². The summed E-state index contributed by atoms with van der Waals surface area (Å²) < 4.78 is 3.43. The van der Waals surface area contributed by atoms with Gasteiger partial charge in [0.2, 0.25) is 0 Å². The summed E-state index contributed by atoms with van der Waals surface area (Å²) in [6.07, 6.45) is 1.72. The number of carbonyl (C=O) groups is 1. The molecule has 0 saturated heterocycles. The first-order valence-electron chi connectivity index (χ1n) is 9.23. The number of amides is 1. The molecule has 8 heteroatoms. The first-order chi connectivity index (χ1) is 13.9. The normalized spacial score (nSPS) is 11.2. The molecule has 0 spiro atoms. The molecule has 148 valence electrons. The van der Waals surface area contributed by atoms with Crippen LogP contribution in [0, 0.1) is 6.92 Å². The zero-order valence-electron chi connectivity index (χ0n) is 16.5. The van der Waals surface area contributed by atoms with E-state index in [1.807, 2.05) is 50.4 Å². The van der Waals surface area contributed by atoms with Gasteiger partial charge in [0.1, 0.15) is 11.4 Å². The average Bonchev–Trinajstić information content (AvgIpc) is 3.19. The summed E-state index contributed by atoms with van der Waals surface area (Å²) in [5.74, 6) is -0.194. The van der Waals surface area contributed by atoms with Gasteiger partial charge in [-0.25, -0.2) is 4.98 Å². The van der Waals surface area contributed by atoms with Crippen molar-refractivity contribution in [2.45, 2.75) is 20.0 Å². The van der Waals surface area contributed by atoms with E-state index in [0.717, 1.165) is 22.3 Å². The monoisotopic (exact) mass is 408 g/mol. The second kappa shape index (κ2) is 7.67. The summed E-state index contributed by atoms with van der Waals surface area (Å²) in [7, 11) is 3.68. The van der Waals surface area contributed by atoms with E-state index in [4.69, 9.17) is 11.6 Å². The first-order valence-corrected chi connectivity index (χ1v) is 9.61. The topological polar surface area (TPSA) is 68.8 Å². The highest BCUT2D eigenvalue weighted by molar-refractivity contribution is 6.31. The molecule has 0 radical (unpaired) electrons. The fraction of sp³-hybridized carbons (Fsp3) is 0.238. The van der Waals surface area contributed by atoms with Crippen molar-refractivity contribution < 1.29 is 4.79 Å². The number of hydrogen-bond donors (Lipinski definition) is 0. The van der Waals surface area contributed by atoms with Gasteiger partial charge in [-0.1, -0.05) is 35.9 Å². The highest BCUT2D eigenvalue weighted by Crippen LogP contribution is 2.20. The lowest BCUT2D eigenvalue weighted by Gasteiger charge is -2.21. The van der Waals surface area contributed by atoms with Crippen LogP contribution in [-0.4, -0.2) is 35.4 Å². The predicted molar refractivity (Wildman–Crippen MR) is 111 cm³/mol. The molecule has 0 aliphatic heterocycles. The van der Waals surface area contributed by atoms with Gasteiger partial charge < -0.3 is 4.90 Å². The zero-order valence-corrected chi connectivity index (χ0v) is 17.3. The number of nitrogens with zero attached hydrogens (tertiary/aromatic N) is 6. The predicted octanol–water partition coefficient (Wildman–Crippen LogP) is 3.51. The van der Waals surface area contributed by atoms with E-state index < -0.39 is 0 Å². The van der Waals surface area contributed by atoms with Crippen molar-refractivity contribution >= 4 is 28.4 Å². The first kappa shape index (κ1) is 19.1. The number of aryl methyl sites for hydroxylation is 3. The molecule has 0 saturated carbocycles. The van der Waals surface area contributed by atoms with Gasteiger partial charge in [0.05, 0.1) is 29.3 Å². The molecule has 7 nitrogen and oxygen atoms in total. The zero-order chi connectivity index (χ0) is 20.5. The lowest BCUT2D eigenvalue weighted by atomic mass is 10.2. The summed E-state index contributed by atoms with van der Waals surface area (Å²) in [5.41, 5.74) is 3.61. The molecule has 0 fully saturated rings. The molecule has 1 aromatic carbocycles. The Hall–Kier alpha value is -3.19. The molecule has 3 heterocycles. The van der Waals surface area contributed by atoms with Gasteiger partial charge >= 0.3 is 0 Å². The number of aromatic nitrogens is 5. The summed E-state index contributed by atoms with van der Waals surface area (Å²) >= 11 is 6.29. The van der Waals surface area contributed by atoms with Crippen molar-refractivity contribution in [1.29, 1.82) is 0 Å². The van der Waals surface area contributed by atoms with E-state index in [1.165, 1.54) is 0 Å². The van der Waals surface area contributed by atoms with Crippen LogP contribution < -0.4 is 0 Å². The minimum absolute atomic E-state index is 0.194. The Morgan fingerprint density at radius 2 is 1.90 bits per heavy atom. The van der Waals surface area contributed by atoms with Gasteiger partial charge in [0.15, 0.2) is 0 Å². The van der Waals surface area contributed by atoms with Crippen molar-refractivity contribution in [3.63, 3.8) is 0 Å². The minimum Gasteiger partial charge on any atom is -0.325 e. The van der Waals surface area contributed by atoms with Gasteiger partial charge in [-0.2, -0.15) is 10.2 Å². The second-order valence-corrected chi connectivity index (χ2v) is 7.46. The Kier molecular flexibility index (Phi) is 5.07. The number of rotatable bonds is 5. The van der Waals surface area contributed by atoms with Crippen molar-refractivity contribution in [3.8, 4) is 0 Å². The number of halogens is 1. The SMILES string of the molecule is Cc1cc(CN(Cc2nn(C)cc2Cl)C(=O)c2ccc3ccccc3n2)nn1C. The molecule has 4 aromatic rings. The highest BCUT2D eigenvalue weighted by Gasteiger charge is 2.22. The third-order valence-corrected chi connectivity index (χ3v) is 5.13. The Balaban J connectivity index is 1.68. The molecule has 0 atom stereocenters. The molecule has 3 aromatic heterocycles. The summed E-state index contributed by atoms with van der Waals surface area (Å²) in [6.45, 7) is 2.58. The van der Waals surface area contributed by atoms with Crippen molar-refractivity contribution in [2.75, 3.05) is 0 Å². The maximum atomic E-state index is 13.4. The summed E-state index contributed by atoms with van der Waals surface area (Å²) in [6, 6.07) is 13.4. The lowest BCUT2D eigenvalue weighted by molar-refractivity contribution is 0.0719. The van der Waals surface area contributed by atoms with Gasteiger partial charge in [0, 0.05) is 31.4 Å². The van der Waals surface area contributed by atoms with Gasteiger partial charge in [-0.05, 0) is 25.1 Å². The standard InChI is InChI=1S/C21H21ClN6O/c1-14-10-16(24-27(14)3)11-28(13-20-17(22)12-26(2)25-20)21(29)19-9-8-15-6-4-5-7-18(15)23-19/h4-10,12H,11,13H2,1-3H3. The summed E-state index contributed by atoms with van der Waals surface area (Å²) in [5, 5.41) is 10.4. The Morgan fingerprint density at radius 1 is 1.10 bits per heavy atom. The number of para-hydroxylation sites is 1. The smallest absolute Gasteiger partial charge is 0.273 e. The molecule has 1 amide bonds. The largest absolute Gasteiger partial charge is 0.325 e. The van der Waals surface area contributed by atoms with Crippen LogP contribution in [0.2, 0.25) is 5.02 Å². The number of fused-ring (bicyclic) bond motifs is 1. The van der Waals surface area contributed by atoms with E-state index in [0.29, 0.717) is 23.0 Å². The fourth-order valence-corrected chi connectivity index (χ4v) is 3.49. The quantitative estimate of drug-likeness (QED) is 0.506. The molecule has 0 N–H and O–H groups in total. The van der Waals surface area contributed by atoms with E-state index >= 15 is 0 Å². The molecule has 29 heavy (non-hydrogen) atoms. The van der Waals surface area contributed by atoms with E-state index in [2.05, 4.69) is 15.2 Å². The third-order valence-electron chi connectivity index (χ3n) is 4.82. The number of hydrogen-bond acceptors (Lipinski definition) is 4. The average molecular weight is 409 g/mol. The second-order valence-electron chi connectivity index (χ2n) is 7.05. The molecular weight excluding hydrogens is 388 g/mol. The molecule has 4 rings (SSSR count). The fourth-order valence-electron chi connectivity index (χ4n) is 3.25. The molecule has 0 unspecified atom stereocenters. The van der Waals surface area contributed by atoms with Crippen LogP contribution in [0.4, 0.5) is 0 Å². The van der Waals surface area contributed by atoms with Crippen molar-refractivity contribution in [3.05, 3.63) is 76.5 Å². The third kappa shape index (κ3) is 4.00. The van der Waals surface area contributed by atoms with Gasteiger partial charge in [-0.3, -0.25) is 14.2 Å². The molecule has 0 aliphatic carbocycles. The van der Waals surface area contributed by atoms with Gasteiger partial charge in [-0.15, -0.1) is 0 Å². The van der Waals surface area contributed by atoms with Crippen LogP contribution in [0.5, 0.6) is 0 Å². The van der Waals surface area contributed by atoms with Gasteiger partial charge in [0.25, 0.3) is 5.91 Å². The number of benzene rings is 1. The van der Waals surface area contributed by atoms with Crippen LogP contribution in [0.25, 0.3) is 10.9 Å². The maximum absolute atomic E-state index is 13.4. The summed E-state index contributed by atoms with van der Waals surface area (Å²) in [4.78, 5) is 19.6. The Bertz CT molecular complexity index is 1180. The van der Waals surface area contributed by atoms with E-state index in [1.54, 1.807) is 33.6 Å². The number of carbonyl (C=O) groups excluding carboxylic acids is 1. The van der Waals surface area contributed by atoms with Crippen LogP contribution in [0.1, 0.15) is 27.6 Å².